The van der Waals surface area contributed by atoms with E-state index in [-0.39, 0.29) is 17.7 Å². The predicted molar refractivity (Wildman–Crippen MR) is 182 cm³/mol. The molecule has 0 saturated heterocycles. The Balaban J connectivity index is 1.46. The first-order chi connectivity index (χ1) is 21.8. The lowest BCUT2D eigenvalue weighted by molar-refractivity contribution is 0.618. The first-order valence-corrected chi connectivity index (χ1v) is 15.6. The van der Waals surface area contributed by atoms with Gasteiger partial charge in [-0.1, -0.05) is 70.2 Å². The SMILES string of the molecule is Cc1c(-c2cc(C(C)C)c(-n3c(-c4cccc5c4oc4cc(F)ccc45)nc4ccccc43)c(C(C)C)c2)oc2ccccc12. The summed E-state index contributed by atoms with van der Waals surface area (Å²) in [6.07, 6.45) is 0. The summed E-state index contributed by atoms with van der Waals surface area (Å²) >= 11 is 0. The molecule has 0 unspecified atom stereocenters. The van der Waals surface area contributed by atoms with Crippen LogP contribution < -0.4 is 0 Å². The van der Waals surface area contributed by atoms with E-state index >= 15 is 0 Å². The van der Waals surface area contributed by atoms with Crippen molar-refractivity contribution in [3.63, 3.8) is 0 Å². The second-order valence-corrected chi connectivity index (χ2v) is 12.5. The molecule has 0 radical (unpaired) electrons. The fourth-order valence-electron chi connectivity index (χ4n) is 6.78. The summed E-state index contributed by atoms with van der Waals surface area (Å²) in [5.74, 6) is 1.79. The van der Waals surface area contributed by atoms with Crippen LogP contribution in [0.4, 0.5) is 4.39 Å². The molecule has 222 valence electrons. The maximum atomic E-state index is 14.2. The van der Waals surface area contributed by atoms with Crippen LogP contribution in [0, 0.1) is 12.7 Å². The fourth-order valence-corrected chi connectivity index (χ4v) is 6.78. The van der Waals surface area contributed by atoms with Gasteiger partial charge in [-0.05, 0) is 78.4 Å². The molecule has 45 heavy (non-hydrogen) atoms. The van der Waals surface area contributed by atoms with Crippen molar-refractivity contribution in [3.8, 4) is 28.4 Å². The molecule has 3 aromatic heterocycles. The Morgan fingerprint density at radius 2 is 1.40 bits per heavy atom. The van der Waals surface area contributed by atoms with E-state index in [1.807, 2.05) is 30.3 Å². The van der Waals surface area contributed by atoms with Crippen molar-refractivity contribution in [1.29, 1.82) is 0 Å². The van der Waals surface area contributed by atoms with E-state index in [1.165, 1.54) is 23.3 Å². The van der Waals surface area contributed by atoms with Gasteiger partial charge >= 0.3 is 0 Å². The minimum Gasteiger partial charge on any atom is -0.456 e. The van der Waals surface area contributed by atoms with Crippen LogP contribution in [0.25, 0.3) is 72.3 Å². The number of rotatable bonds is 5. The number of halogens is 1. The van der Waals surface area contributed by atoms with Crippen LogP contribution in [0.15, 0.2) is 106 Å². The molecular weight excluding hydrogens is 559 g/mol. The average molecular weight is 593 g/mol. The van der Waals surface area contributed by atoms with Crippen molar-refractivity contribution < 1.29 is 13.2 Å². The molecule has 0 N–H and O–H groups in total. The molecule has 4 nitrogen and oxygen atoms in total. The van der Waals surface area contributed by atoms with E-state index in [0.717, 1.165) is 66.7 Å². The lowest BCUT2D eigenvalue weighted by Gasteiger charge is -2.24. The molecule has 0 spiro atoms. The van der Waals surface area contributed by atoms with E-state index in [4.69, 9.17) is 13.8 Å². The fraction of sp³-hybridized carbons (Fsp3) is 0.175. The highest BCUT2D eigenvalue weighted by Crippen LogP contribution is 2.43. The Hall–Kier alpha value is -5.16. The van der Waals surface area contributed by atoms with Gasteiger partial charge < -0.3 is 8.83 Å². The number of benzene rings is 5. The molecule has 0 aliphatic carbocycles. The lowest BCUT2D eigenvalue weighted by Crippen LogP contribution is -2.09. The first-order valence-electron chi connectivity index (χ1n) is 15.6. The molecule has 0 fully saturated rings. The number of aryl methyl sites for hydroxylation is 1. The number of hydrogen-bond donors (Lipinski definition) is 0. The molecule has 0 aliphatic rings. The monoisotopic (exact) mass is 592 g/mol. The Morgan fingerprint density at radius 1 is 0.689 bits per heavy atom. The van der Waals surface area contributed by atoms with Crippen molar-refractivity contribution in [2.24, 2.45) is 0 Å². The lowest BCUT2D eigenvalue weighted by atomic mass is 9.88. The number of hydrogen-bond acceptors (Lipinski definition) is 3. The molecule has 3 heterocycles. The summed E-state index contributed by atoms with van der Waals surface area (Å²) in [6, 6.07) is 31.9. The van der Waals surface area contributed by atoms with Crippen LogP contribution in [0.2, 0.25) is 0 Å². The Bertz CT molecular complexity index is 2390. The molecule has 5 heteroatoms. The summed E-state index contributed by atoms with van der Waals surface area (Å²) < 4.78 is 29.4. The molecule has 0 atom stereocenters. The van der Waals surface area contributed by atoms with Gasteiger partial charge in [0, 0.05) is 33.4 Å². The van der Waals surface area contributed by atoms with Crippen LogP contribution in [0.3, 0.4) is 0 Å². The Kier molecular flexibility index (Phi) is 6.21. The zero-order chi connectivity index (χ0) is 31.0. The van der Waals surface area contributed by atoms with Gasteiger partial charge in [0.25, 0.3) is 0 Å². The Morgan fingerprint density at radius 3 is 2.16 bits per heavy atom. The Labute approximate surface area is 260 Å². The van der Waals surface area contributed by atoms with Gasteiger partial charge in [-0.3, -0.25) is 4.57 Å². The van der Waals surface area contributed by atoms with Gasteiger partial charge in [0.05, 0.1) is 22.3 Å². The highest BCUT2D eigenvalue weighted by atomic mass is 19.1. The normalized spacial score (nSPS) is 12.2. The zero-order valence-corrected chi connectivity index (χ0v) is 26.0. The quantitative estimate of drug-likeness (QED) is 0.200. The maximum absolute atomic E-state index is 14.2. The predicted octanol–water partition coefficient (Wildman–Crippen LogP) is 11.7. The molecule has 8 rings (SSSR count). The third-order valence-corrected chi connectivity index (χ3v) is 9.00. The van der Waals surface area contributed by atoms with E-state index in [0.29, 0.717) is 11.2 Å². The van der Waals surface area contributed by atoms with E-state index in [2.05, 4.69) is 87.7 Å². The summed E-state index contributed by atoms with van der Waals surface area (Å²) in [5, 5.41) is 2.95. The van der Waals surface area contributed by atoms with Crippen molar-refractivity contribution >= 4 is 43.9 Å². The summed E-state index contributed by atoms with van der Waals surface area (Å²) in [6.45, 7) is 11.1. The smallest absolute Gasteiger partial charge is 0.149 e. The molecule has 0 saturated carbocycles. The summed E-state index contributed by atoms with van der Waals surface area (Å²) in [7, 11) is 0. The molecule has 0 bridgehead atoms. The van der Waals surface area contributed by atoms with E-state index < -0.39 is 0 Å². The zero-order valence-electron chi connectivity index (χ0n) is 26.0. The number of fused-ring (bicyclic) bond motifs is 5. The standard InChI is InChI=1S/C40H33FN2O2/c1-22(2)31-19-25(38-24(5)27-11-6-9-16-35(27)44-38)20-32(23(3)4)37(31)43-34-15-8-7-14-33(34)42-40(43)30-13-10-12-29-28-18-17-26(41)21-36(28)45-39(29)30/h6-23H,1-5H3. The molecule has 0 aliphatic heterocycles. The number of furan rings is 2. The second-order valence-electron chi connectivity index (χ2n) is 12.5. The summed E-state index contributed by atoms with van der Waals surface area (Å²) in [5.41, 5.74) is 10.7. The first kappa shape index (κ1) is 27.4. The third kappa shape index (κ3) is 4.21. The van der Waals surface area contributed by atoms with Crippen molar-refractivity contribution in [2.75, 3.05) is 0 Å². The van der Waals surface area contributed by atoms with Gasteiger partial charge in [0.15, 0.2) is 0 Å². The van der Waals surface area contributed by atoms with Crippen molar-refractivity contribution in [3.05, 3.63) is 120 Å². The van der Waals surface area contributed by atoms with E-state index in [9.17, 15) is 4.39 Å². The van der Waals surface area contributed by atoms with Crippen LogP contribution in [0.5, 0.6) is 0 Å². The minimum absolute atomic E-state index is 0.209. The maximum Gasteiger partial charge on any atom is 0.149 e. The third-order valence-electron chi connectivity index (χ3n) is 9.00. The second kappa shape index (κ2) is 10.2. The molecule has 5 aromatic carbocycles. The van der Waals surface area contributed by atoms with Crippen molar-refractivity contribution in [1.82, 2.24) is 9.55 Å². The highest BCUT2D eigenvalue weighted by molar-refractivity contribution is 6.09. The topological polar surface area (TPSA) is 44.1 Å². The number of aromatic nitrogens is 2. The molecule has 8 aromatic rings. The largest absolute Gasteiger partial charge is 0.456 e. The van der Waals surface area contributed by atoms with Gasteiger partial charge in [-0.25, -0.2) is 9.37 Å². The van der Waals surface area contributed by atoms with Crippen LogP contribution in [0.1, 0.15) is 56.2 Å². The van der Waals surface area contributed by atoms with Crippen LogP contribution >= 0.6 is 0 Å². The number of para-hydroxylation sites is 4. The highest BCUT2D eigenvalue weighted by Gasteiger charge is 2.26. The molecular formula is C40H33FN2O2. The van der Waals surface area contributed by atoms with Gasteiger partial charge in [0.1, 0.15) is 34.2 Å². The minimum atomic E-state index is -0.321. The van der Waals surface area contributed by atoms with Crippen LogP contribution in [-0.4, -0.2) is 9.55 Å². The molecule has 0 amide bonds. The van der Waals surface area contributed by atoms with Crippen LogP contribution in [-0.2, 0) is 0 Å². The van der Waals surface area contributed by atoms with Gasteiger partial charge in [0.2, 0.25) is 0 Å². The van der Waals surface area contributed by atoms with E-state index in [1.54, 1.807) is 6.07 Å². The van der Waals surface area contributed by atoms with Gasteiger partial charge in [-0.2, -0.15) is 0 Å². The average Bonchev–Trinajstić information content (AvgIpc) is 3.71. The van der Waals surface area contributed by atoms with Gasteiger partial charge in [-0.15, -0.1) is 0 Å². The number of imidazole rings is 1. The summed E-state index contributed by atoms with van der Waals surface area (Å²) in [4.78, 5) is 5.23. The van der Waals surface area contributed by atoms with Crippen molar-refractivity contribution in [2.45, 2.75) is 46.5 Å². The number of nitrogens with zero attached hydrogens (tertiary/aromatic N) is 2.